The highest BCUT2D eigenvalue weighted by Gasteiger charge is 2.31. The molecule has 0 spiro atoms. The molecule has 0 unspecified atom stereocenters. The van der Waals surface area contributed by atoms with Crippen LogP contribution in [0.15, 0.2) is 16.7 Å². The molecule has 1 atom stereocenters. The van der Waals surface area contributed by atoms with Crippen LogP contribution in [0.5, 0.6) is 0 Å². The van der Waals surface area contributed by atoms with E-state index in [2.05, 4.69) is 34.6 Å². The van der Waals surface area contributed by atoms with Crippen LogP contribution in [0.2, 0.25) is 5.02 Å². The van der Waals surface area contributed by atoms with Gasteiger partial charge in [-0.1, -0.05) is 46.2 Å². The molecule has 0 aliphatic heterocycles. The van der Waals surface area contributed by atoms with Crippen molar-refractivity contribution >= 4 is 11.6 Å². The molecule has 1 aromatic rings. The predicted molar refractivity (Wildman–Crippen MR) is 60.8 cm³/mol. The molecule has 0 aliphatic carbocycles. The standard InChI is InChI=1S/C12H19ClO/c1-8(2)11(12(3,4)5)10-6-9(13)7-14-10/h6-8,11H,1-5H3/t11-/m0/s1. The van der Waals surface area contributed by atoms with Gasteiger partial charge in [-0.15, -0.1) is 0 Å². The quantitative estimate of drug-likeness (QED) is 0.695. The Morgan fingerprint density at radius 1 is 1.29 bits per heavy atom. The first-order chi connectivity index (χ1) is 6.32. The predicted octanol–water partition coefficient (Wildman–Crippen LogP) is 4.72. The highest BCUT2D eigenvalue weighted by Crippen LogP contribution is 2.41. The molecular formula is C12H19ClO. The topological polar surface area (TPSA) is 13.1 Å². The lowest BCUT2D eigenvalue weighted by atomic mass is 9.73. The Bertz CT molecular complexity index is 294. The van der Waals surface area contributed by atoms with Gasteiger partial charge in [0.2, 0.25) is 0 Å². The summed E-state index contributed by atoms with van der Waals surface area (Å²) in [5.41, 5.74) is 0.204. The van der Waals surface area contributed by atoms with Crippen LogP contribution in [0.1, 0.15) is 46.3 Å². The van der Waals surface area contributed by atoms with E-state index in [0.29, 0.717) is 16.9 Å². The van der Waals surface area contributed by atoms with E-state index in [-0.39, 0.29) is 5.41 Å². The van der Waals surface area contributed by atoms with Gasteiger partial charge in [-0.05, 0) is 17.4 Å². The van der Waals surface area contributed by atoms with Crippen molar-refractivity contribution in [3.63, 3.8) is 0 Å². The Morgan fingerprint density at radius 3 is 2.14 bits per heavy atom. The van der Waals surface area contributed by atoms with Crippen LogP contribution in [-0.2, 0) is 0 Å². The summed E-state index contributed by atoms with van der Waals surface area (Å²) < 4.78 is 5.48. The second-order valence-corrected chi connectivity index (χ2v) is 5.69. The summed E-state index contributed by atoms with van der Waals surface area (Å²) >= 11 is 5.87. The van der Waals surface area contributed by atoms with E-state index in [1.54, 1.807) is 6.26 Å². The van der Waals surface area contributed by atoms with E-state index < -0.39 is 0 Å². The number of hydrogen-bond acceptors (Lipinski definition) is 1. The highest BCUT2D eigenvalue weighted by atomic mass is 35.5. The van der Waals surface area contributed by atoms with Gasteiger partial charge in [0.15, 0.2) is 0 Å². The van der Waals surface area contributed by atoms with Crippen molar-refractivity contribution in [1.29, 1.82) is 0 Å². The van der Waals surface area contributed by atoms with Crippen molar-refractivity contribution < 1.29 is 4.42 Å². The van der Waals surface area contributed by atoms with Crippen molar-refractivity contribution in [2.45, 2.75) is 40.5 Å². The molecule has 1 heterocycles. The third kappa shape index (κ3) is 2.54. The lowest BCUT2D eigenvalue weighted by Gasteiger charge is -2.32. The maximum Gasteiger partial charge on any atom is 0.109 e. The van der Waals surface area contributed by atoms with Gasteiger partial charge < -0.3 is 4.42 Å². The molecule has 0 fully saturated rings. The van der Waals surface area contributed by atoms with Crippen LogP contribution >= 0.6 is 11.6 Å². The first kappa shape index (κ1) is 11.6. The monoisotopic (exact) mass is 214 g/mol. The van der Waals surface area contributed by atoms with E-state index >= 15 is 0 Å². The zero-order valence-electron chi connectivity index (χ0n) is 9.60. The van der Waals surface area contributed by atoms with E-state index in [1.165, 1.54) is 0 Å². The molecule has 1 rings (SSSR count). The van der Waals surface area contributed by atoms with Gasteiger partial charge in [0, 0.05) is 5.92 Å². The van der Waals surface area contributed by atoms with Crippen LogP contribution in [0.25, 0.3) is 0 Å². The molecule has 0 saturated carbocycles. The van der Waals surface area contributed by atoms with Crippen LogP contribution in [0, 0.1) is 11.3 Å². The summed E-state index contributed by atoms with van der Waals surface area (Å²) in [6.07, 6.45) is 1.61. The Kier molecular flexibility index (Phi) is 3.31. The first-order valence-corrected chi connectivity index (χ1v) is 5.44. The summed E-state index contributed by atoms with van der Waals surface area (Å²) in [6.45, 7) is 11.1. The van der Waals surface area contributed by atoms with Crippen LogP contribution < -0.4 is 0 Å². The molecule has 0 saturated heterocycles. The lowest BCUT2D eigenvalue weighted by Crippen LogP contribution is -2.22. The van der Waals surface area contributed by atoms with E-state index in [4.69, 9.17) is 16.0 Å². The smallest absolute Gasteiger partial charge is 0.109 e. The van der Waals surface area contributed by atoms with Crippen molar-refractivity contribution in [2.75, 3.05) is 0 Å². The molecule has 14 heavy (non-hydrogen) atoms. The average Bonchev–Trinajstić information content (AvgIpc) is 2.31. The fraction of sp³-hybridized carbons (Fsp3) is 0.667. The zero-order chi connectivity index (χ0) is 10.9. The van der Waals surface area contributed by atoms with Gasteiger partial charge in [0.05, 0.1) is 5.02 Å². The second-order valence-electron chi connectivity index (χ2n) is 5.26. The SMILES string of the molecule is CC(C)[C@@H](c1cc(Cl)co1)C(C)(C)C. The van der Waals surface area contributed by atoms with Crippen LogP contribution in [-0.4, -0.2) is 0 Å². The van der Waals surface area contributed by atoms with Gasteiger partial charge in [-0.2, -0.15) is 0 Å². The third-order valence-electron chi connectivity index (χ3n) is 2.49. The first-order valence-electron chi connectivity index (χ1n) is 5.06. The average molecular weight is 215 g/mol. The normalized spacial score (nSPS) is 14.8. The molecule has 2 heteroatoms. The largest absolute Gasteiger partial charge is 0.467 e. The van der Waals surface area contributed by atoms with Gasteiger partial charge in [-0.3, -0.25) is 0 Å². The van der Waals surface area contributed by atoms with Gasteiger partial charge in [0.25, 0.3) is 0 Å². The van der Waals surface area contributed by atoms with Gasteiger partial charge >= 0.3 is 0 Å². The van der Waals surface area contributed by atoms with Gasteiger partial charge in [0.1, 0.15) is 12.0 Å². The Balaban J connectivity index is 3.01. The minimum Gasteiger partial charge on any atom is -0.467 e. The van der Waals surface area contributed by atoms with E-state index in [0.717, 1.165) is 5.76 Å². The fourth-order valence-corrected chi connectivity index (χ4v) is 2.40. The van der Waals surface area contributed by atoms with Crippen molar-refractivity contribution in [3.05, 3.63) is 23.1 Å². The minimum absolute atomic E-state index is 0.204. The number of halogens is 1. The summed E-state index contributed by atoms with van der Waals surface area (Å²) in [7, 11) is 0. The molecule has 0 radical (unpaired) electrons. The molecular weight excluding hydrogens is 196 g/mol. The second kappa shape index (κ2) is 3.98. The number of furan rings is 1. The fourth-order valence-electron chi connectivity index (χ4n) is 2.25. The van der Waals surface area contributed by atoms with Crippen molar-refractivity contribution in [3.8, 4) is 0 Å². The molecule has 1 nitrogen and oxygen atoms in total. The molecule has 0 N–H and O–H groups in total. The van der Waals surface area contributed by atoms with Crippen molar-refractivity contribution in [2.24, 2.45) is 11.3 Å². The summed E-state index contributed by atoms with van der Waals surface area (Å²) in [5.74, 6) is 1.96. The maximum atomic E-state index is 5.87. The molecule has 80 valence electrons. The van der Waals surface area contributed by atoms with E-state index in [9.17, 15) is 0 Å². The Morgan fingerprint density at radius 2 is 1.86 bits per heavy atom. The summed E-state index contributed by atoms with van der Waals surface area (Å²) in [6, 6.07) is 1.93. The minimum atomic E-state index is 0.204. The number of rotatable bonds is 2. The van der Waals surface area contributed by atoms with Crippen LogP contribution in [0.3, 0.4) is 0 Å². The maximum absolute atomic E-state index is 5.87. The van der Waals surface area contributed by atoms with Crippen molar-refractivity contribution in [1.82, 2.24) is 0 Å². The molecule has 0 amide bonds. The third-order valence-corrected chi connectivity index (χ3v) is 2.69. The highest BCUT2D eigenvalue weighted by molar-refractivity contribution is 6.30. The van der Waals surface area contributed by atoms with E-state index in [1.807, 2.05) is 6.07 Å². The molecule has 0 aliphatic rings. The van der Waals surface area contributed by atoms with Crippen LogP contribution in [0.4, 0.5) is 0 Å². The zero-order valence-corrected chi connectivity index (χ0v) is 10.4. The lowest BCUT2D eigenvalue weighted by molar-refractivity contribution is 0.224. The molecule has 1 aromatic heterocycles. The van der Waals surface area contributed by atoms with Gasteiger partial charge in [-0.25, -0.2) is 0 Å². The summed E-state index contributed by atoms with van der Waals surface area (Å²) in [5, 5.41) is 0.690. The molecule has 0 aromatic carbocycles. The molecule has 0 bridgehead atoms. The summed E-state index contributed by atoms with van der Waals surface area (Å²) in [4.78, 5) is 0. The Hall–Kier alpha value is -0.430. The Labute approximate surface area is 91.4 Å². The number of hydrogen-bond donors (Lipinski definition) is 0.